The summed E-state index contributed by atoms with van der Waals surface area (Å²) in [6.45, 7) is 17.8. The predicted octanol–water partition coefficient (Wildman–Crippen LogP) is 7.19. The zero-order chi connectivity index (χ0) is 42.6. The number of nitriles is 1. The average molecular weight is 775 g/mol. The van der Waals surface area contributed by atoms with Gasteiger partial charge in [-0.15, -0.1) is 0 Å². The molecule has 14 heteroatoms. The zero-order valence-electron chi connectivity index (χ0n) is 33.9. The largest absolute Gasteiger partial charge is 0.444 e. The predicted molar refractivity (Wildman–Crippen MR) is 221 cm³/mol. The molecule has 57 heavy (non-hydrogen) atoms. The van der Waals surface area contributed by atoms with E-state index in [4.69, 9.17) is 15.7 Å². The number of hydrogen-bond donors (Lipinski definition) is 4. The lowest BCUT2D eigenvalue weighted by molar-refractivity contribution is -0.120. The lowest BCUT2D eigenvalue weighted by atomic mass is 10.2. The fourth-order valence-corrected chi connectivity index (χ4v) is 4.09. The number of rotatable bonds is 7. The molecule has 0 bridgehead atoms. The van der Waals surface area contributed by atoms with Crippen molar-refractivity contribution in [1.82, 2.24) is 40.9 Å². The summed E-state index contributed by atoms with van der Waals surface area (Å²) in [5.74, 6) is -0.168. The summed E-state index contributed by atoms with van der Waals surface area (Å²) in [4.78, 5) is 52.9. The van der Waals surface area contributed by atoms with Crippen LogP contribution in [0, 0.1) is 11.3 Å². The number of aromatic nitrogens is 5. The number of alkyl carbamates (subject to hydrolysis) is 1. The Hall–Kier alpha value is -6.85. The van der Waals surface area contributed by atoms with Crippen LogP contribution in [0.2, 0.25) is 0 Å². The molecule has 14 nitrogen and oxygen atoms in total. The fourth-order valence-electron chi connectivity index (χ4n) is 4.09. The summed E-state index contributed by atoms with van der Waals surface area (Å²) in [5, 5.41) is 16.3. The molecule has 5 aromatic heterocycles. The van der Waals surface area contributed by atoms with Crippen molar-refractivity contribution in [1.29, 1.82) is 5.26 Å². The van der Waals surface area contributed by atoms with Gasteiger partial charge in [-0.05, 0) is 102 Å². The Morgan fingerprint density at radius 2 is 1.11 bits per heavy atom. The summed E-state index contributed by atoms with van der Waals surface area (Å²) >= 11 is 0. The van der Waals surface area contributed by atoms with Crippen LogP contribution < -0.4 is 21.7 Å². The lowest BCUT2D eigenvalue weighted by Crippen LogP contribution is -2.34. The van der Waals surface area contributed by atoms with Crippen LogP contribution in [0.5, 0.6) is 0 Å². The second kappa shape index (κ2) is 26.8. The van der Waals surface area contributed by atoms with Gasteiger partial charge in [0.05, 0.1) is 40.6 Å². The van der Waals surface area contributed by atoms with E-state index in [2.05, 4.69) is 47.4 Å². The summed E-state index contributed by atoms with van der Waals surface area (Å²) in [6.07, 6.45) is 7.99. The van der Waals surface area contributed by atoms with Gasteiger partial charge in [0.15, 0.2) is 0 Å². The second-order valence-electron chi connectivity index (χ2n) is 13.0. The monoisotopic (exact) mass is 774 g/mol. The Labute approximate surface area is 336 Å². The van der Waals surface area contributed by atoms with Gasteiger partial charge >= 0.3 is 6.09 Å². The molecule has 3 amide bonds. The van der Waals surface area contributed by atoms with Crippen LogP contribution in [-0.2, 0) is 14.3 Å². The maximum atomic E-state index is 11.5. The topological polar surface area (TPSA) is 211 Å². The Balaban J connectivity index is 0.000000363. The Bertz CT molecular complexity index is 1920. The van der Waals surface area contributed by atoms with Gasteiger partial charge in [0, 0.05) is 50.9 Å². The van der Waals surface area contributed by atoms with E-state index in [1.165, 1.54) is 13.8 Å². The molecule has 5 heterocycles. The van der Waals surface area contributed by atoms with E-state index in [-0.39, 0.29) is 29.9 Å². The molecule has 0 aliphatic heterocycles. The van der Waals surface area contributed by atoms with E-state index >= 15 is 0 Å². The molecule has 0 radical (unpaired) electrons. The van der Waals surface area contributed by atoms with Crippen molar-refractivity contribution in [2.24, 2.45) is 5.73 Å². The molecule has 0 aliphatic carbocycles. The average Bonchev–Trinajstić information content (AvgIpc) is 3.19. The van der Waals surface area contributed by atoms with E-state index in [9.17, 15) is 14.4 Å². The third-order valence-corrected chi connectivity index (χ3v) is 6.65. The Morgan fingerprint density at radius 3 is 1.42 bits per heavy atom. The first-order valence-corrected chi connectivity index (χ1v) is 18.0. The first-order valence-electron chi connectivity index (χ1n) is 18.0. The minimum atomic E-state index is -0.478. The van der Waals surface area contributed by atoms with Gasteiger partial charge in [-0.3, -0.25) is 29.5 Å². The number of amides is 3. The number of nitrogens with one attached hydrogen (secondary N) is 3. The van der Waals surface area contributed by atoms with Gasteiger partial charge in [-0.2, -0.15) is 5.26 Å². The zero-order valence-corrected chi connectivity index (χ0v) is 33.9. The number of nitrogens with two attached hydrogens (primary N) is 1. The second-order valence-corrected chi connectivity index (χ2v) is 13.0. The van der Waals surface area contributed by atoms with Crippen LogP contribution in [-0.4, -0.2) is 48.4 Å². The van der Waals surface area contributed by atoms with Crippen molar-refractivity contribution >= 4 is 23.6 Å². The molecule has 300 valence electrons. The van der Waals surface area contributed by atoms with Gasteiger partial charge in [-0.1, -0.05) is 36.9 Å². The van der Waals surface area contributed by atoms with Crippen LogP contribution in [0.15, 0.2) is 129 Å². The highest BCUT2D eigenvalue weighted by Gasteiger charge is 2.18. The van der Waals surface area contributed by atoms with Gasteiger partial charge in [0.25, 0.3) is 0 Å². The summed E-state index contributed by atoms with van der Waals surface area (Å²) in [5.41, 5.74) is 9.39. The molecule has 0 saturated carbocycles. The maximum Gasteiger partial charge on any atom is 0.408 e. The van der Waals surface area contributed by atoms with Crippen molar-refractivity contribution in [2.45, 2.75) is 79.1 Å². The molecule has 0 spiro atoms. The van der Waals surface area contributed by atoms with E-state index in [0.29, 0.717) is 17.1 Å². The molecule has 0 fully saturated rings. The third kappa shape index (κ3) is 23.5. The van der Waals surface area contributed by atoms with Crippen LogP contribution in [0.3, 0.4) is 0 Å². The number of ether oxygens (including phenoxy) is 1. The molecule has 0 aromatic carbocycles. The number of carbonyl (C=O) groups is 3. The van der Waals surface area contributed by atoms with Crippen LogP contribution in [0.1, 0.15) is 102 Å². The van der Waals surface area contributed by atoms with E-state index in [1.807, 2.05) is 114 Å². The molecule has 0 aliphatic rings. The van der Waals surface area contributed by atoms with Crippen molar-refractivity contribution in [3.8, 4) is 6.07 Å². The minimum Gasteiger partial charge on any atom is -0.444 e. The standard InChI is InChI=1S/C12H18N2O2.C9H12N2O.C9H10N2O.C7H10N2.C6H4N2/c1-9(10-7-5-6-8-13-10)14-11(15)16-12(2,3)4;2*1-7(11-8(2)12)9-5-3-4-6-10-9;1-6(8)7-4-2-3-5-9-7;7-5-6-3-1-2-4-8-6/h5-9H,1-4H3,(H,14,15);3-7H,1-2H3,(H,11,12);3-6H,1H2,2H3,(H,11,12);2-6H,8H2,1H3;1-4H/t9-;7-;;6-;/m11.1./s1. The smallest absolute Gasteiger partial charge is 0.408 e. The normalized spacial score (nSPS) is 11.3. The molecule has 5 N–H and O–H groups in total. The number of carbonyl (C=O) groups excluding carboxylic acids is 3. The van der Waals surface area contributed by atoms with Crippen molar-refractivity contribution in [3.63, 3.8) is 0 Å². The lowest BCUT2D eigenvalue weighted by Gasteiger charge is -2.21. The summed E-state index contributed by atoms with van der Waals surface area (Å²) in [6, 6.07) is 29.4. The molecular formula is C43H54N10O4. The Morgan fingerprint density at radius 1 is 0.667 bits per heavy atom. The first-order chi connectivity index (χ1) is 27.0. The van der Waals surface area contributed by atoms with Crippen molar-refractivity contribution < 1.29 is 19.1 Å². The third-order valence-electron chi connectivity index (χ3n) is 6.65. The number of nitrogens with zero attached hydrogens (tertiary/aromatic N) is 6. The summed E-state index contributed by atoms with van der Waals surface area (Å²) < 4.78 is 5.15. The van der Waals surface area contributed by atoms with Crippen LogP contribution >= 0.6 is 0 Å². The maximum absolute atomic E-state index is 11.5. The molecule has 0 saturated heterocycles. The van der Waals surface area contributed by atoms with E-state index in [0.717, 1.165) is 17.1 Å². The highest BCUT2D eigenvalue weighted by atomic mass is 16.6. The number of hydrogen-bond acceptors (Lipinski definition) is 11. The van der Waals surface area contributed by atoms with Crippen LogP contribution in [0.25, 0.3) is 5.70 Å². The van der Waals surface area contributed by atoms with Gasteiger partial charge < -0.3 is 26.4 Å². The van der Waals surface area contributed by atoms with Gasteiger partial charge in [0.1, 0.15) is 17.4 Å². The van der Waals surface area contributed by atoms with Crippen molar-refractivity contribution in [3.05, 3.63) is 157 Å². The van der Waals surface area contributed by atoms with Crippen molar-refractivity contribution in [2.75, 3.05) is 0 Å². The molecular weight excluding hydrogens is 721 g/mol. The quantitative estimate of drug-likeness (QED) is 0.130. The fraction of sp³-hybridized carbons (Fsp3) is 0.279. The van der Waals surface area contributed by atoms with E-state index in [1.54, 1.807) is 55.2 Å². The molecule has 0 unspecified atom stereocenters. The van der Waals surface area contributed by atoms with Gasteiger partial charge in [-0.25, -0.2) is 9.78 Å². The summed E-state index contributed by atoms with van der Waals surface area (Å²) in [7, 11) is 0. The molecule has 3 atom stereocenters. The SMILES string of the molecule is C=C(NC(C)=O)c1ccccn1.CC(=O)N[C@H](C)c1ccccn1.C[C@@H](N)c1ccccn1.C[C@@H](NC(=O)OC(C)(C)C)c1ccccn1.N#Cc1ccccn1. The highest BCUT2D eigenvalue weighted by molar-refractivity contribution is 5.83. The van der Waals surface area contributed by atoms with E-state index < -0.39 is 11.7 Å². The van der Waals surface area contributed by atoms with Gasteiger partial charge in [0.2, 0.25) is 11.8 Å². The Kier molecular flexibility index (Phi) is 22.7. The molecule has 5 rings (SSSR count). The number of pyridine rings is 5. The van der Waals surface area contributed by atoms with Crippen LogP contribution in [0.4, 0.5) is 4.79 Å². The molecule has 5 aromatic rings. The first kappa shape index (κ1) is 48.2. The minimum absolute atomic E-state index is 0.0105. The highest BCUT2D eigenvalue weighted by Crippen LogP contribution is 2.12.